The third-order valence-corrected chi connectivity index (χ3v) is 7.50. The summed E-state index contributed by atoms with van der Waals surface area (Å²) in [7, 11) is 0. The van der Waals surface area contributed by atoms with E-state index in [0.29, 0.717) is 23.0 Å². The van der Waals surface area contributed by atoms with Crippen molar-refractivity contribution < 1.29 is 37.0 Å². The molecule has 0 spiro atoms. The molecule has 44 heavy (non-hydrogen) atoms. The number of rotatable bonds is 10. The minimum Gasteiger partial charge on any atom is -0.444 e. The van der Waals surface area contributed by atoms with Gasteiger partial charge in [-0.05, 0) is 74.1 Å². The molecule has 0 radical (unpaired) electrons. The number of carbonyl (C=O) groups is 3. The van der Waals surface area contributed by atoms with Gasteiger partial charge in [-0.2, -0.15) is 0 Å². The molecule has 3 atom stereocenters. The first-order valence-electron chi connectivity index (χ1n) is 14.1. The summed E-state index contributed by atoms with van der Waals surface area (Å²) in [5.41, 5.74) is 0.642. The van der Waals surface area contributed by atoms with Gasteiger partial charge in [-0.25, -0.2) is 18.0 Å². The second-order valence-corrected chi connectivity index (χ2v) is 12.1. The predicted molar refractivity (Wildman–Crippen MR) is 156 cm³/mol. The average molecular weight is 632 g/mol. The van der Waals surface area contributed by atoms with Crippen LogP contribution in [0.4, 0.5) is 18.0 Å². The Bertz CT molecular complexity index is 1520. The Morgan fingerprint density at radius 1 is 1.09 bits per heavy atom. The fourth-order valence-electron chi connectivity index (χ4n) is 5.08. The summed E-state index contributed by atoms with van der Waals surface area (Å²) in [5.74, 6) is -2.95. The number of pyridine rings is 2. The van der Waals surface area contributed by atoms with Crippen LogP contribution in [0.1, 0.15) is 61.8 Å². The van der Waals surface area contributed by atoms with Gasteiger partial charge in [0.2, 0.25) is 0 Å². The number of hydrogen-bond acceptors (Lipinski definition) is 7. The zero-order chi connectivity index (χ0) is 32.0. The van der Waals surface area contributed by atoms with Gasteiger partial charge in [-0.1, -0.05) is 17.7 Å². The number of nitrogens with zero attached hydrogens (tertiary/aromatic N) is 3. The molecular formula is C32H33ClF3N3O5. The van der Waals surface area contributed by atoms with Crippen molar-refractivity contribution in [3.63, 3.8) is 0 Å². The Balaban J connectivity index is 1.49. The zero-order valence-electron chi connectivity index (χ0n) is 24.6. The first-order valence-corrected chi connectivity index (χ1v) is 14.5. The summed E-state index contributed by atoms with van der Waals surface area (Å²) in [6.45, 7) is 5.20. The van der Waals surface area contributed by atoms with Crippen molar-refractivity contribution in [1.82, 2.24) is 14.9 Å². The van der Waals surface area contributed by atoms with E-state index in [2.05, 4.69) is 9.97 Å². The highest BCUT2D eigenvalue weighted by Gasteiger charge is 2.35. The van der Waals surface area contributed by atoms with Crippen LogP contribution in [0.5, 0.6) is 0 Å². The quantitative estimate of drug-likeness (QED) is 0.253. The number of hydrogen-bond donors (Lipinski definition) is 0. The van der Waals surface area contributed by atoms with E-state index >= 15 is 4.39 Å². The third kappa shape index (κ3) is 8.63. The number of aldehydes is 1. The molecule has 0 saturated carbocycles. The van der Waals surface area contributed by atoms with Crippen LogP contribution in [-0.4, -0.2) is 63.9 Å². The SMILES string of the molecule is CC(C)(C)OC(=O)N1C[C@@H](CCc2c(F)cncc2CC(=O)C[C@H](c2cncc(F)c2)c2ccc(Cl)c(F)c2)OC[C@H]1C=O. The summed E-state index contributed by atoms with van der Waals surface area (Å²) in [5, 5.41) is -0.0930. The number of Topliss-reactive ketones (excluding diaryl/α,β-unsaturated/α-hetero) is 1. The third-order valence-electron chi connectivity index (χ3n) is 7.19. The highest BCUT2D eigenvalue weighted by molar-refractivity contribution is 6.30. The summed E-state index contributed by atoms with van der Waals surface area (Å²) >= 11 is 5.84. The van der Waals surface area contributed by atoms with Gasteiger partial charge < -0.3 is 14.3 Å². The Kier molecular flexibility index (Phi) is 10.7. The number of halogens is 4. The molecule has 1 fully saturated rings. The van der Waals surface area contributed by atoms with E-state index in [1.165, 1.54) is 35.5 Å². The number of amides is 1. The van der Waals surface area contributed by atoms with Crippen LogP contribution in [0.15, 0.2) is 49.1 Å². The van der Waals surface area contributed by atoms with Crippen LogP contribution in [0.25, 0.3) is 0 Å². The lowest BCUT2D eigenvalue weighted by atomic mass is 9.86. The first kappa shape index (κ1) is 33.1. The molecule has 0 unspecified atom stereocenters. The van der Waals surface area contributed by atoms with E-state index in [1.807, 2.05) is 0 Å². The van der Waals surface area contributed by atoms with Crippen LogP contribution in [0, 0.1) is 17.5 Å². The molecule has 0 aliphatic carbocycles. The number of benzene rings is 1. The van der Waals surface area contributed by atoms with E-state index in [1.54, 1.807) is 26.8 Å². The van der Waals surface area contributed by atoms with Crippen LogP contribution in [0.3, 0.4) is 0 Å². The molecule has 1 aliphatic rings. The molecule has 0 N–H and O–H groups in total. The second kappa shape index (κ2) is 14.3. The van der Waals surface area contributed by atoms with Gasteiger partial charge in [-0.3, -0.25) is 19.7 Å². The van der Waals surface area contributed by atoms with Crippen molar-refractivity contribution in [3.8, 4) is 0 Å². The number of aromatic nitrogens is 2. The van der Waals surface area contributed by atoms with Crippen molar-refractivity contribution >= 4 is 29.8 Å². The van der Waals surface area contributed by atoms with E-state index < -0.39 is 47.2 Å². The molecule has 1 aliphatic heterocycles. The number of morpholine rings is 1. The smallest absolute Gasteiger partial charge is 0.411 e. The first-order chi connectivity index (χ1) is 20.8. The van der Waals surface area contributed by atoms with Crippen LogP contribution in [-0.2, 0) is 31.9 Å². The van der Waals surface area contributed by atoms with Gasteiger partial charge in [0, 0.05) is 31.2 Å². The molecule has 8 nitrogen and oxygen atoms in total. The van der Waals surface area contributed by atoms with Crippen LogP contribution < -0.4 is 0 Å². The summed E-state index contributed by atoms with van der Waals surface area (Å²) in [6.07, 6.45) is 4.48. The monoisotopic (exact) mass is 631 g/mol. The Morgan fingerprint density at radius 3 is 2.52 bits per heavy atom. The van der Waals surface area contributed by atoms with Gasteiger partial charge in [0.1, 0.15) is 41.2 Å². The van der Waals surface area contributed by atoms with Crippen LogP contribution in [0.2, 0.25) is 5.02 Å². The van der Waals surface area contributed by atoms with Gasteiger partial charge in [-0.15, -0.1) is 0 Å². The van der Waals surface area contributed by atoms with Gasteiger partial charge >= 0.3 is 6.09 Å². The summed E-state index contributed by atoms with van der Waals surface area (Å²) < 4.78 is 54.6. The molecule has 3 heterocycles. The van der Waals surface area contributed by atoms with E-state index in [4.69, 9.17) is 21.1 Å². The van der Waals surface area contributed by atoms with Crippen molar-refractivity contribution in [2.24, 2.45) is 0 Å². The van der Waals surface area contributed by atoms with Gasteiger partial charge in [0.25, 0.3) is 0 Å². The van der Waals surface area contributed by atoms with E-state index in [-0.39, 0.29) is 55.2 Å². The fourth-order valence-corrected chi connectivity index (χ4v) is 5.20. The largest absolute Gasteiger partial charge is 0.444 e. The van der Waals surface area contributed by atoms with Crippen LogP contribution >= 0.6 is 11.6 Å². The van der Waals surface area contributed by atoms with Gasteiger partial charge in [0.05, 0.1) is 36.7 Å². The lowest BCUT2D eigenvalue weighted by Gasteiger charge is -2.38. The summed E-state index contributed by atoms with van der Waals surface area (Å²) in [6, 6.07) is 4.54. The maximum absolute atomic E-state index is 15.0. The molecule has 1 aromatic carbocycles. The molecule has 1 amide bonds. The molecular weight excluding hydrogens is 599 g/mol. The van der Waals surface area contributed by atoms with E-state index in [0.717, 1.165) is 12.4 Å². The Morgan fingerprint density at radius 2 is 1.84 bits per heavy atom. The Labute approximate surface area is 258 Å². The molecule has 1 saturated heterocycles. The summed E-state index contributed by atoms with van der Waals surface area (Å²) in [4.78, 5) is 46.7. The zero-order valence-corrected chi connectivity index (χ0v) is 25.3. The van der Waals surface area contributed by atoms with Crippen molar-refractivity contribution in [2.45, 2.75) is 70.1 Å². The average Bonchev–Trinajstić information content (AvgIpc) is 2.96. The molecule has 3 aromatic rings. The minimum absolute atomic E-state index is 0.0286. The molecule has 234 valence electrons. The Hall–Kier alpha value is -3.83. The molecule has 0 bridgehead atoms. The minimum atomic E-state index is -0.803. The standard InChI is InChI=1S/C32H33ClF3N3O5/c1-32(2,3)44-31(42)39-16-25(43-18-23(39)17-40)5-6-26-21(13-38-15-30(26)36)9-24(41)11-27(20-8-22(34)14-37-12-20)19-4-7-28(33)29(35)10-19/h4,7-8,10,12-15,17,23,25,27H,5-6,9,11,16,18H2,1-3H3/t23-,25-,27+/m1/s1. The maximum Gasteiger partial charge on any atom is 0.411 e. The predicted octanol–water partition coefficient (Wildman–Crippen LogP) is 6.02. The van der Waals surface area contributed by atoms with Crippen molar-refractivity contribution in [1.29, 1.82) is 0 Å². The number of ether oxygens (including phenoxy) is 2. The topological polar surface area (TPSA) is 98.7 Å². The lowest BCUT2D eigenvalue weighted by Crippen LogP contribution is -2.54. The second-order valence-electron chi connectivity index (χ2n) is 11.7. The molecule has 12 heteroatoms. The lowest BCUT2D eigenvalue weighted by molar-refractivity contribution is -0.123. The normalized spacial score (nSPS) is 17.7. The van der Waals surface area contributed by atoms with Crippen molar-refractivity contribution in [3.05, 3.63) is 93.8 Å². The molecule has 2 aromatic heterocycles. The maximum atomic E-state index is 15.0. The molecule has 4 rings (SSSR count). The van der Waals surface area contributed by atoms with Gasteiger partial charge in [0.15, 0.2) is 0 Å². The number of carbonyl (C=O) groups excluding carboxylic acids is 3. The highest BCUT2D eigenvalue weighted by Crippen LogP contribution is 2.31. The van der Waals surface area contributed by atoms with Crippen molar-refractivity contribution in [2.75, 3.05) is 13.2 Å². The number of ketones is 1. The highest BCUT2D eigenvalue weighted by atomic mass is 35.5. The van der Waals surface area contributed by atoms with E-state index in [9.17, 15) is 23.2 Å². The fraction of sp³-hybridized carbons (Fsp3) is 0.406.